The maximum Gasteiger partial charge on any atom is 0.329 e. The van der Waals surface area contributed by atoms with E-state index >= 15 is 0 Å². The van der Waals surface area contributed by atoms with Crippen molar-refractivity contribution in [1.82, 2.24) is 14.5 Å². The van der Waals surface area contributed by atoms with E-state index in [9.17, 15) is 9.59 Å². The van der Waals surface area contributed by atoms with E-state index in [4.69, 9.17) is 0 Å². The third-order valence-electron chi connectivity index (χ3n) is 6.40. The fraction of sp³-hybridized carbons (Fsp3) is 0.636. The molecule has 2 N–H and O–H groups in total. The molecule has 0 spiro atoms. The zero-order valence-corrected chi connectivity index (χ0v) is 17.7. The van der Waals surface area contributed by atoms with Gasteiger partial charge in [0.25, 0.3) is 0 Å². The lowest BCUT2D eigenvalue weighted by Gasteiger charge is -2.31. The molecule has 4 rings (SSSR count). The van der Waals surface area contributed by atoms with Crippen LogP contribution >= 0.6 is 0 Å². The van der Waals surface area contributed by atoms with Gasteiger partial charge in [-0.25, -0.2) is 9.59 Å². The quantitative estimate of drug-likeness (QED) is 0.801. The lowest BCUT2D eigenvalue weighted by Crippen LogP contribution is -2.37. The number of carbonyl (C=O) groups excluding carboxylic acids is 1. The van der Waals surface area contributed by atoms with Gasteiger partial charge in [0, 0.05) is 32.2 Å². The molecule has 1 saturated heterocycles. The van der Waals surface area contributed by atoms with Crippen LogP contribution in [0.5, 0.6) is 0 Å². The second kappa shape index (κ2) is 8.51. The summed E-state index contributed by atoms with van der Waals surface area (Å²) in [5, 5.41) is 6.23. The first-order valence-corrected chi connectivity index (χ1v) is 11.2. The molecule has 29 heavy (non-hydrogen) atoms. The van der Waals surface area contributed by atoms with Gasteiger partial charge in [0.2, 0.25) is 0 Å². The Kier molecular flexibility index (Phi) is 5.83. The number of nitrogens with zero attached hydrogens (tertiary/aromatic N) is 3. The number of aromatic nitrogens is 2. The molecule has 1 aromatic heterocycles. The molecule has 2 aromatic rings. The molecule has 0 unspecified atom stereocenters. The molecule has 158 valence electrons. The van der Waals surface area contributed by atoms with Gasteiger partial charge in [0.1, 0.15) is 0 Å². The molecular weight excluding hydrogens is 366 g/mol. The molecule has 0 bridgehead atoms. The number of hydrogen-bond acceptors (Lipinski definition) is 3. The summed E-state index contributed by atoms with van der Waals surface area (Å²) in [4.78, 5) is 27.9. The summed E-state index contributed by atoms with van der Waals surface area (Å²) in [7, 11) is 0. The minimum Gasteiger partial charge on any atom is -0.370 e. The van der Waals surface area contributed by atoms with E-state index < -0.39 is 0 Å². The van der Waals surface area contributed by atoms with Gasteiger partial charge in [-0.05, 0) is 58.1 Å². The Balaban J connectivity index is 1.74. The van der Waals surface area contributed by atoms with Gasteiger partial charge >= 0.3 is 11.7 Å². The van der Waals surface area contributed by atoms with Crippen LogP contribution in [0, 0.1) is 0 Å². The minimum absolute atomic E-state index is 0.0159. The van der Waals surface area contributed by atoms with Crippen LogP contribution in [0.3, 0.4) is 0 Å². The van der Waals surface area contributed by atoms with Crippen LogP contribution in [0.4, 0.5) is 16.2 Å². The predicted molar refractivity (Wildman–Crippen MR) is 118 cm³/mol. The molecule has 0 atom stereocenters. The summed E-state index contributed by atoms with van der Waals surface area (Å²) in [5.74, 6) is 0. The van der Waals surface area contributed by atoms with Crippen molar-refractivity contribution in [1.29, 1.82) is 0 Å². The Morgan fingerprint density at radius 3 is 2.21 bits per heavy atom. The highest BCUT2D eigenvalue weighted by atomic mass is 16.2. The number of fused-ring (bicyclic) bond motifs is 1. The Morgan fingerprint density at radius 1 is 0.966 bits per heavy atom. The Morgan fingerprint density at radius 2 is 1.59 bits per heavy atom. The fourth-order valence-electron chi connectivity index (χ4n) is 4.87. The van der Waals surface area contributed by atoms with E-state index in [2.05, 4.69) is 21.6 Å². The van der Waals surface area contributed by atoms with E-state index in [1.807, 2.05) is 24.5 Å². The number of anilines is 2. The maximum absolute atomic E-state index is 12.8. The number of aryl methyl sites for hydroxylation is 2. The average molecular weight is 400 g/mol. The van der Waals surface area contributed by atoms with Gasteiger partial charge in [0.15, 0.2) is 0 Å². The zero-order chi connectivity index (χ0) is 20.4. The standard InChI is InChI=1S/C22H33N5O2/c1-3-26-19-14-17(24-21(28)23-16-10-6-7-11-16)18(25-12-8-5-9-13-25)15-20(19)27(4-2)22(26)29/h14-16H,3-13H2,1-2H3,(H2,23,24,28). The SMILES string of the molecule is CCn1c(=O)n(CC)c2cc(N3CCCCC3)c(NC(=O)NC3CCCC3)cc21. The number of benzene rings is 1. The Bertz CT molecular complexity index is 933. The van der Waals surface area contributed by atoms with Gasteiger partial charge in [0.05, 0.1) is 22.4 Å². The first-order valence-electron chi connectivity index (χ1n) is 11.2. The number of hydrogen-bond donors (Lipinski definition) is 2. The van der Waals surface area contributed by atoms with E-state index in [0.29, 0.717) is 13.1 Å². The van der Waals surface area contributed by atoms with Crippen molar-refractivity contribution in [3.8, 4) is 0 Å². The molecule has 0 radical (unpaired) electrons. The van der Waals surface area contributed by atoms with Crippen molar-refractivity contribution in [3.05, 3.63) is 22.6 Å². The van der Waals surface area contributed by atoms with Crippen molar-refractivity contribution < 1.29 is 4.79 Å². The number of imidazole rings is 1. The van der Waals surface area contributed by atoms with Crippen molar-refractivity contribution in [2.75, 3.05) is 23.3 Å². The van der Waals surface area contributed by atoms with Gasteiger partial charge in [-0.2, -0.15) is 0 Å². The molecule has 2 heterocycles. The number of piperidine rings is 1. The number of urea groups is 1. The zero-order valence-electron chi connectivity index (χ0n) is 17.7. The average Bonchev–Trinajstić information content (AvgIpc) is 3.32. The van der Waals surface area contributed by atoms with Crippen molar-refractivity contribution in [3.63, 3.8) is 0 Å². The summed E-state index contributed by atoms with van der Waals surface area (Å²) >= 11 is 0. The summed E-state index contributed by atoms with van der Waals surface area (Å²) in [6.07, 6.45) is 8.03. The molecule has 2 amide bonds. The van der Waals surface area contributed by atoms with Crippen LogP contribution in [-0.4, -0.2) is 34.3 Å². The van der Waals surface area contributed by atoms with Crippen LogP contribution in [0.1, 0.15) is 58.8 Å². The number of amides is 2. The monoisotopic (exact) mass is 399 g/mol. The summed E-state index contributed by atoms with van der Waals surface area (Å²) < 4.78 is 3.62. The van der Waals surface area contributed by atoms with Gasteiger partial charge in [-0.1, -0.05) is 12.8 Å². The van der Waals surface area contributed by atoms with Crippen molar-refractivity contribution in [2.24, 2.45) is 0 Å². The molecule has 1 aromatic carbocycles. The predicted octanol–water partition coefficient (Wildman–Crippen LogP) is 3.90. The molecular formula is C22H33N5O2. The second-order valence-corrected chi connectivity index (χ2v) is 8.26. The molecule has 2 aliphatic rings. The third kappa shape index (κ3) is 3.87. The molecule has 7 nitrogen and oxygen atoms in total. The van der Waals surface area contributed by atoms with Gasteiger partial charge in [-0.15, -0.1) is 0 Å². The summed E-state index contributed by atoms with van der Waals surface area (Å²) in [6.45, 7) is 7.20. The van der Waals surface area contributed by atoms with E-state index in [1.165, 1.54) is 19.3 Å². The third-order valence-corrected chi connectivity index (χ3v) is 6.40. The van der Waals surface area contributed by atoms with E-state index in [-0.39, 0.29) is 17.8 Å². The Labute approximate surface area is 172 Å². The van der Waals surface area contributed by atoms with Crippen LogP contribution in [-0.2, 0) is 13.1 Å². The largest absolute Gasteiger partial charge is 0.370 e. The molecule has 1 saturated carbocycles. The number of carbonyl (C=O) groups is 1. The van der Waals surface area contributed by atoms with E-state index in [0.717, 1.165) is 61.2 Å². The van der Waals surface area contributed by atoms with E-state index in [1.54, 1.807) is 4.57 Å². The topological polar surface area (TPSA) is 71.3 Å². The summed E-state index contributed by atoms with van der Waals surface area (Å²) in [6, 6.07) is 4.22. The van der Waals surface area contributed by atoms with Crippen molar-refractivity contribution >= 4 is 28.4 Å². The fourth-order valence-corrected chi connectivity index (χ4v) is 4.87. The summed E-state index contributed by atoms with van der Waals surface area (Å²) in [5.41, 5.74) is 3.67. The normalized spacial score (nSPS) is 17.8. The first kappa shape index (κ1) is 19.9. The number of nitrogens with one attached hydrogen (secondary N) is 2. The van der Waals surface area contributed by atoms with Gasteiger partial charge < -0.3 is 15.5 Å². The van der Waals surface area contributed by atoms with Crippen LogP contribution in [0.25, 0.3) is 11.0 Å². The minimum atomic E-state index is -0.144. The van der Waals surface area contributed by atoms with Crippen LogP contribution < -0.4 is 21.2 Å². The molecule has 1 aliphatic heterocycles. The van der Waals surface area contributed by atoms with Gasteiger partial charge in [-0.3, -0.25) is 9.13 Å². The number of rotatable bonds is 5. The van der Waals surface area contributed by atoms with Crippen molar-refractivity contribution in [2.45, 2.75) is 77.9 Å². The smallest absolute Gasteiger partial charge is 0.329 e. The highest BCUT2D eigenvalue weighted by Gasteiger charge is 2.22. The van der Waals surface area contributed by atoms with Crippen LogP contribution in [0.15, 0.2) is 16.9 Å². The highest BCUT2D eigenvalue weighted by molar-refractivity contribution is 5.98. The second-order valence-electron chi connectivity index (χ2n) is 8.26. The lowest BCUT2D eigenvalue weighted by atomic mass is 10.1. The molecule has 1 aliphatic carbocycles. The molecule has 7 heteroatoms. The van der Waals surface area contributed by atoms with Crippen LogP contribution in [0.2, 0.25) is 0 Å². The lowest BCUT2D eigenvalue weighted by molar-refractivity contribution is 0.248. The first-order chi connectivity index (χ1) is 14.1. The maximum atomic E-state index is 12.8. The highest BCUT2D eigenvalue weighted by Crippen LogP contribution is 2.33. The molecule has 2 fully saturated rings. The Hall–Kier alpha value is -2.44.